The second-order valence-electron chi connectivity index (χ2n) is 11.5. The minimum Gasteiger partial charge on any atom is -0.458 e. The number of thiazole rings is 1. The van der Waals surface area contributed by atoms with Crippen LogP contribution in [0.4, 0.5) is 0 Å². The molecular weight excluding hydrogens is 478 g/mol. The summed E-state index contributed by atoms with van der Waals surface area (Å²) in [6.45, 7) is 13.0. The molecule has 202 valence electrons. The van der Waals surface area contributed by atoms with Gasteiger partial charge in [0.25, 0.3) is 0 Å². The average molecular weight is 522 g/mol. The predicted molar refractivity (Wildman–Crippen MR) is 141 cm³/mol. The van der Waals surface area contributed by atoms with Gasteiger partial charge in [0.15, 0.2) is 0 Å². The van der Waals surface area contributed by atoms with Crippen LogP contribution in [-0.2, 0) is 25.5 Å². The number of Topliss-reactive ketones (excluding diaryl/α,β-unsaturated/α-hetero) is 1. The molecule has 2 N–H and O–H groups in total. The Morgan fingerprint density at radius 1 is 1.25 bits per heavy atom. The number of aliphatic hydroxyl groups excluding tert-OH is 2. The first-order valence-corrected chi connectivity index (χ1v) is 14.1. The molecule has 0 bridgehead atoms. The van der Waals surface area contributed by atoms with Crippen molar-refractivity contribution in [3.63, 3.8) is 0 Å². The molecule has 2 aliphatic rings. The summed E-state index contributed by atoms with van der Waals surface area (Å²) in [7, 11) is 0. The van der Waals surface area contributed by atoms with Crippen molar-refractivity contribution in [1.82, 2.24) is 4.98 Å². The number of ether oxygens (including phenoxy) is 2. The molecule has 2 unspecified atom stereocenters. The Morgan fingerprint density at radius 2 is 1.94 bits per heavy atom. The van der Waals surface area contributed by atoms with Crippen LogP contribution >= 0.6 is 11.3 Å². The highest BCUT2D eigenvalue weighted by atomic mass is 32.1. The van der Waals surface area contributed by atoms with Crippen molar-refractivity contribution in [1.29, 1.82) is 0 Å². The van der Waals surface area contributed by atoms with Gasteiger partial charge in [-0.3, -0.25) is 9.59 Å². The molecule has 0 saturated carbocycles. The first kappa shape index (κ1) is 29.0. The zero-order valence-electron chi connectivity index (χ0n) is 22.7. The number of hydrogen-bond acceptors (Lipinski definition) is 8. The topological polar surface area (TPSA) is 109 Å². The number of fused-ring (bicyclic) bond motifs is 1. The molecule has 0 radical (unpaired) electrons. The highest BCUT2D eigenvalue weighted by Gasteiger charge is 2.53. The number of cyclic esters (lactones) is 1. The molecule has 0 spiro atoms. The van der Waals surface area contributed by atoms with Crippen LogP contribution in [-0.4, -0.2) is 57.0 Å². The van der Waals surface area contributed by atoms with E-state index in [1.807, 2.05) is 25.3 Å². The fourth-order valence-electron chi connectivity index (χ4n) is 5.17. The van der Waals surface area contributed by atoms with Gasteiger partial charge in [-0.25, -0.2) is 4.98 Å². The van der Waals surface area contributed by atoms with Crippen LogP contribution in [0.1, 0.15) is 91.3 Å². The quantitative estimate of drug-likeness (QED) is 0.437. The monoisotopic (exact) mass is 521 g/mol. The van der Waals surface area contributed by atoms with E-state index >= 15 is 0 Å². The van der Waals surface area contributed by atoms with E-state index in [4.69, 9.17) is 9.47 Å². The van der Waals surface area contributed by atoms with Crippen LogP contribution in [0.25, 0.3) is 6.08 Å². The third kappa shape index (κ3) is 6.63. The standard InChI is InChI=1S/C28H43NO6S/c1-8-23-29-19(15-36-23)12-17(3)20-13-22-28(7,35-22)11-9-10-16(2)25(32)18(4)26(33)27(5,6)21(30)14-24(31)34-20/h12,15-16,18,20-22,25,30,32H,8-11,13-14H2,1-7H3/b17-12+/t16?,18-,20?,21+,22+,25+,28-/m1/s1. The van der Waals surface area contributed by atoms with Crippen molar-refractivity contribution in [2.75, 3.05) is 0 Å². The lowest BCUT2D eigenvalue weighted by atomic mass is 9.73. The van der Waals surface area contributed by atoms with E-state index in [-0.39, 0.29) is 29.8 Å². The van der Waals surface area contributed by atoms with Crippen molar-refractivity contribution in [2.45, 2.75) is 117 Å². The van der Waals surface area contributed by atoms with E-state index in [9.17, 15) is 19.8 Å². The number of nitrogens with zero attached hydrogens (tertiary/aromatic N) is 1. The Balaban J connectivity index is 1.85. The van der Waals surface area contributed by atoms with Gasteiger partial charge in [-0.05, 0) is 50.7 Å². The average Bonchev–Trinajstić information content (AvgIpc) is 3.23. The number of esters is 1. The highest BCUT2D eigenvalue weighted by Crippen LogP contribution is 2.45. The number of aryl methyl sites for hydroxylation is 1. The summed E-state index contributed by atoms with van der Waals surface area (Å²) in [5, 5.41) is 24.8. The molecular formula is C28H43NO6S. The molecule has 0 amide bonds. The number of epoxide rings is 1. The minimum absolute atomic E-state index is 0.0460. The zero-order chi connectivity index (χ0) is 26.8. The molecule has 7 nitrogen and oxygen atoms in total. The maximum Gasteiger partial charge on any atom is 0.309 e. The minimum atomic E-state index is -1.23. The Labute approximate surface area is 219 Å². The lowest BCUT2D eigenvalue weighted by Crippen LogP contribution is -2.45. The number of hydrogen-bond donors (Lipinski definition) is 2. The lowest BCUT2D eigenvalue weighted by molar-refractivity contribution is -0.154. The van der Waals surface area contributed by atoms with E-state index in [1.54, 1.807) is 32.1 Å². The first-order valence-electron chi connectivity index (χ1n) is 13.2. The largest absolute Gasteiger partial charge is 0.458 e. The maximum absolute atomic E-state index is 13.2. The number of rotatable bonds is 3. The fourth-order valence-corrected chi connectivity index (χ4v) is 5.88. The predicted octanol–water partition coefficient (Wildman–Crippen LogP) is 4.73. The highest BCUT2D eigenvalue weighted by molar-refractivity contribution is 7.09. The molecule has 1 aromatic heterocycles. The van der Waals surface area contributed by atoms with E-state index < -0.39 is 35.6 Å². The Bertz CT molecular complexity index is 971. The van der Waals surface area contributed by atoms with Crippen molar-refractivity contribution in [3.8, 4) is 0 Å². The molecule has 8 heteroatoms. The van der Waals surface area contributed by atoms with Crippen molar-refractivity contribution >= 4 is 29.2 Å². The number of ketones is 1. The molecule has 3 rings (SSSR count). The van der Waals surface area contributed by atoms with E-state index in [2.05, 4.69) is 18.8 Å². The summed E-state index contributed by atoms with van der Waals surface area (Å²) >= 11 is 1.60. The molecule has 1 aromatic rings. The second kappa shape index (κ2) is 11.4. The summed E-state index contributed by atoms with van der Waals surface area (Å²) in [5.41, 5.74) is 0.202. The van der Waals surface area contributed by atoms with Crippen molar-refractivity contribution < 1.29 is 29.3 Å². The van der Waals surface area contributed by atoms with E-state index in [0.29, 0.717) is 6.42 Å². The van der Waals surface area contributed by atoms with Gasteiger partial charge in [0.2, 0.25) is 0 Å². The smallest absolute Gasteiger partial charge is 0.309 e. The molecule has 36 heavy (non-hydrogen) atoms. The fraction of sp³-hybridized carbons (Fsp3) is 0.750. The van der Waals surface area contributed by atoms with Gasteiger partial charge in [0.1, 0.15) is 11.9 Å². The lowest BCUT2D eigenvalue weighted by Gasteiger charge is -2.34. The summed E-state index contributed by atoms with van der Waals surface area (Å²) in [6, 6.07) is 0. The zero-order valence-corrected chi connectivity index (χ0v) is 23.6. The molecule has 2 aliphatic heterocycles. The van der Waals surface area contributed by atoms with Crippen LogP contribution in [0, 0.1) is 17.3 Å². The summed E-state index contributed by atoms with van der Waals surface area (Å²) < 4.78 is 12.0. The number of aromatic nitrogens is 1. The molecule has 2 fully saturated rings. The van der Waals surface area contributed by atoms with Crippen LogP contribution in [0.5, 0.6) is 0 Å². The third-order valence-corrected chi connectivity index (χ3v) is 9.17. The molecule has 2 saturated heterocycles. The van der Waals surface area contributed by atoms with Gasteiger partial charge in [-0.15, -0.1) is 11.3 Å². The van der Waals surface area contributed by atoms with Crippen molar-refractivity contribution in [2.24, 2.45) is 17.3 Å². The maximum atomic E-state index is 13.2. The van der Waals surface area contributed by atoms with Crippen molar-refractivity contribution in [3.05, 3.63) is 21.7 Å². The van der Waals surface area contributed by atoms with Crippen LogP contribution < -0.4 is 0 Å². The summed E-state index contributed by atoms with van der Waals surface area (Å²) in [5.74, 6) is -1.54. The number of carbonyl (C=O) groups excluding carboxylic acids is 2. The third-order valence-electron chi connectivity index (χ3n) is 8.16. The van der Waals surface area contributed by atoms with Gasteiger partial charge >= 0.3 is 5.97 Å². The second-order valence-corrected chi connectivity index (χ2v) is 12.4. The normalized spacial score (nSPS) is 36.8. The van der Waals surface area contributed by atoms with Gasteiger partial charge in [0.05, 0.1) is 46.5 Å². The molecule has 3 heterocycles. The SMILES string of the molecule is CCc1nc(/C=C(\C)C2C[C@@H]3O[C@]3(C)CCCC(C)[C@H](O)[C@@H](C)C(=O)C(C)(C)[C@@H](O)CC(=O)O2)cs1. The Hall–Kier alpha value is -1.61. The van der Waals surface area contributed by atoms with Crippen LogP contribution in [0.2, 0.25) is 0 Å². The number of carbonyl (C=O) groups is 2. The van der Waals surface area contributed by atoms with Crippen LogP contribution in [0.3, 0.4) is 0 Å². The van der Waals surface area contributed by atoms with E-state index in [1.165, 1.54) is 0 Å². The molecule has 0 aliphatic carbocycles. The molecule has 0 aromatic carbocycles. The van der Waals surface area contributed by atoms with E-state index in [0.717, 1.165) is 42.0 Å². The number of aliphatic hydroxyl groups is 2. The van der Waals surface area contributed by atoms with Gasteiger partial charge in [-0.2, -0.15) is 0 Å². The molecule has 7 atom stereocenters. The first-order chi connectivity index (χ1) is 16.8. The van der Waals surface area contributed by atoms with Gasteiger partial charge < -0.3 is 19.7 Å². The van der Waals surface area contributed by atoms with Gasteiger partial charge in [0, 0.05) is 17.7 Å². The Kier molecular flexibility index (Phi) is 9.18. The summed E-state index contributed by atoms with van der Waals surface area (Å²) in [6.07, 6.45) is 2.87. The van der Waals surface area contributed by atoms with Gasteiger partial charge in [-0.1, -0.05) is 41.0 Å². The van der Waals surface area contributed by atoms with Crippen LogP contribution in [0.15, 0.2) is 11.0 Å². The summed E-state index contributed by atoms with van der Waals surface area (Å²) in [4.78, 5) is 30.8. The Morgan fingerprint density at radius 3 is 2.58 bits per heavy atom.